The van der Waals surface area contributed by atoms with Crippen molar-refractivity contribution in [2.24, 2.45) is 0 Å². The van der Waals surface area contributed by atoms with Crippen molar-refractivity contribution in [3.63, 3.8) is 0 Å². The Hall–Kier alpha value is -1.39. The highest BCUT2D eigenvalue weighted by Crippen LogP contribution is 1.95. The number of carboxylic acid groups (broad SMARTS) is 1. The average molecular weight is 201 g/mol. The van der Waals surface area contributed by atoms with Crippen LogP contribution < -0.4 is 5.32 Å². The van der Waals surface area contributed by atoms with Gasteiger partial charge in [-0.3, -0.25) is 4.79 Å². The number of hydrogen-bond acceptors (Lipinski definition) is 3. The van der Waals surface area contributed by atoms with Gasteiger partial charge in [-0.1, -0.05) is 6.92 Å². The van der Waals surface area contributed by atoms with Crippen LogP contribution in [0.5, 0.6) is 0 Å². The summed E-state index contributed by atoms with van der Waals surface area (Å²) < 4.78 is 0. The van der Waals surface area contributed by atoms with Crippen molar-refractivity contribution in [1.29, 1.82) is 0 Å². The van der Waals surface area contributed by atoms with E-state index in [1.807, 2.05) is 0 Å². The zero-order valence-electron chi connectivity index (χ0n) is 8.37. The number of carbonyl (C=O) groups excluding carboxylic acids is 2. The van der Waals surface area contributed by atoms with Gasteiger partial charge in [0.05, 0.1) is 0 Å². The quantitative estimate of drug-likeness (QED) is 0.648. The minimum absolute atomic E-state index is 0.0547. The van der Waals surface area contributed by atoms with Crippen molar-refractivity contribution < 1.29 is 19.5 Å². The van der Waals surface area contributed by atoms with E-state index >= 15 is 0 Å². The molecule has 0 saturated carbocycles. The lowest BCUT2D eigenvalue weighted by atomic mass is 10.2. The van der Waals surface area contributed by atoms with Crippen molar-refractivity contribution >= 4 is 17.7 Å². The average Bonchev–Trinajstić information content (AvgIpc) is 2.10. The summed E-state index contributed by atoms with van der Waals surface area (Å²) in [6.07, 6.45) is 0.544. The number of aliphatic carboxylic acids is 1. The molecule has 0 aromatic carbocycles. The van der Waals surface area contributed by atoms with E-state index in [0.29, 0.717) is 6.42 Å². The minimum atomic E-state index is -1.05. The van der Waals surface area contributed by atoms with Gasteiger partial charge >= 0.3 is 5.97 Å². The van der Waals surface area contributed by atoms with Crippen molar-refractivity contribution in [2.75, 3.05) is 0 Å². The molecule has 0 heterocycles. The molecule has 0 radical (unpaired) electrons. The van der Waals surface area contributed by atoms with Crippen LogP contribution in [0.4, 0.5) is 0 Å². The molecule has 1 unspecified atom stereocenters. The number of hydrogen-bond donors (Lipinski definition) is 2. The first-order valence-electron chi connectivity index (χ1n) is 4.49. The molecule has 1 atom stereocenters. The summed E-state index contributed by atoms with van der Waals surface area (Å²) in [4.78, 5) is 32.2. The van der Waals surface area contributed by atoms with E-state index in [9.17, 15) is 14.4 Å². The molecule has 0 bridgehead atoms. The molecule has 80 valence electrons. The third-order valence-corrected chi connectivity index (χ3v) is 1.75. The van der Waals surface area contributed by atoms with E-state index in [4.69, 9.17) is 5.11 Å². The van der Waals surface area contributed by atoms with Crippen LogP contribution in [-0.4, -0.2) is 28.8 Å². The molecular formula is C9H15NO4. The lowest BCUT2D eigenvalue weighted by molar-refractivity contribution is -0.141. The molecule has 5 nitrogen and oxygen atoms in total. The van der Waals surface area contributed by atoms with Gasteiger partial charge in [-0.05, 0) is 13.3 Å². The molecule has 0 aromatic rings. The molecule has 5 heteroatoms. The molecule has 2 N–H and O–H groups in total. The Labute approximate surface area is 82.5 Å². The lowest BCUT2D eigenvalue weighted by Crippen LogP contribution is -2.40. The highest BCUT2D eigenvalue weighted by molar-refractivity contribution is 5.86. The molecule has 0 aliphatic heterocycles. The number of carboxylic acids is 1. The fraction of sp³-hybridized carbons (Fsp3) is 0.667. The SMILES string of the molecule is CCC(NC(=O)CCC(C)=O)C(=O)O. The number of nitrogens with one attached hydrogen (secondary N) is 1. The summed E-state index contributed by atoms with van der Waals surface area (Å²) in [5, 5.41) is 10.9. The summed E-state index contributed by atoms with van der Waals surface area (Å²) in [5.41, 5.74) is 0. The normalized spacial score (nSPS) is 11.9. The van der Waals surface area contributed by atoms with Gasteiger partial charge in [0.2, 0.25) is 5.91 Å². The smallest absolute Gasteiger partial charge is 0.326 e. The summed E-state index contributed by atoms with van der Waals surface area (Å²) >= 11 is 0. The number of Topliss-reactive ketones (excluding diaryl/α,β-unsaturated/α-hetero) is 1. The fourth-order valence-electron chi connectivity index (χ4n) is 0.894. The highest BCUT2D eigenvalue weighted by atomic mass is 16.4. The Morgan fingerprint density at radius 1 is 1.29 bits per heavy atom. The second-order valence-corrected chi connectivity index (χ2v) is 3.07. The molecule has 0 spiro atoms. The maximum Gasteiger partial charge on any atom is 0.326 e. The van der Waals surface area contributed by atoms with Gasteiger partial charge in [-0.2, -0.15) is 0 Å². The first-order chi connectivity index (χ1) is 6.47. The van der Waals surface area contributed by atoms with Crippen molar-refractivity contribution in [3.05, 3.63) is 0 Å². The third-order valence-electron chi connectivity index (χ3n) is 1.75. The monoisotopic (exact) mass is 201 g/mol. The van der Waals surface area contributed by atoms with E-state index in [0.717, 1.165) is 0 Å². The Bertz CT molecular complexity index is 237. The van der Waals surface area contributed by atoms with E-state index in [-0.39, 0.29) is 18.6 Å². The Morgan fingerprint density at radius 2 is 1.86 bits per heavy atom. The highest BCUT2D eigenvalue weighted by Gasteiger charge is 2.17. The van der Waals surface area contributed by atoms with Gasteiger partial charge in [0, 0.05) is 12.8 Å². The summed E-state index contributed by atoms with van der Waals surface area (Å²) in [5.74, 6) is -1.53. The number of carbonyl (C=O) groups is 3. The fourth-order valence-corrected chi connectivity index (χ4v) is 0.894. The second-order valence-electron chi connectivity index (χ2n) is 3.07. The van der Waals surface area contributed by atoms with E-state index < -0.39 is 17.9 Å². The molecule has 0 fully saturated rings. The molecular weight excluding hydrogens is 186 g/mol. The van der Waals surface area contributed by atoms with E-state index in [2.05, 4.69) is 5.32 Å². The zero-order valence-corrected chi connectivity index (χ0v) is 8.37. The second kappa shape index (κ2) is 6.12. The van der Waals surface area contributed by atoms with Crippen LogP contribution in [0.3, 0.4) is 0 Å². The predicted molar refractivity (Wildman–Crippen MR) is 49.8 cm³/mol. The first-order valence-corrected chi connectivity index (χ1v) is 4.49. The molecule has 0 aromatic heterocycles. The standard InChI is InChI=1S/C9H15NO4/c1-3-7(9(13)14)10-8(12)5-4-6(2)11/h7H,3-5H2,1-2H3,(H,10,12)(H,13,14). The van der Waals surface area contributed by atoms with Gasteiger partial charge < -0.3 is 15.2 Å². The largest absolute Gasteiger partial charge is 0.480 e. The first kappa shape index (κ1) is 12.6. The Kier molecular flexibility index (Phi) is 5.52. The molecule has 0 saturated heterocycles. The number of amides is 1. The summed E-state index contributed by atoms with van der Waals surface area (Å²) in [7, 11) is 0. The Morgan fingerprint density at radius 3 is 2.21 bits per heavy atom. The van der Waals surface area contributed by atoms with Crippen molar-refractivity contribution in [1.82, 2.24) is 5.32 Å². The van der Waals surface area contributed by atoms with Gasteiger partial charge in [0.15, 0.2) is 0 Å². The van der Waals surface area contributed by atoms with Crippen LogP contribution in [0.2, 0.25) is 0 Å². The van der Waals surface area contributed by atoms with Crippen molar-refractivity contribution in [3.8, 4) is 0 Å². The van der Waals surface area contributed by atoms with Crippen LogP contribution in [0, 0.1) is 0 Å². The van der Waals surface area contributed by atoms with Gasteiger partial charge in [0.1, 0.15) is 11.8 Å². The van der Waals surface area contributed by atoms with Crippen LogP contribution in [-0.2, 0) is 14.4 Å². The van der Waals surface area contributed by atoms with Gasteiger partial charge in [0.25, 0.3) is 0 Å². The molecule has 1 amide bonds. The Balaban J connectivity index is 3.91. The topological polar surface area (TPSA) is 83.5 Å². The molecule has 0 aliphatic carbocycles. The lowest BCUT2D eigenvalue weighted by Gasteiger charge is -2.11. The van der Waals surface area contributed by atoms with Crippen molar-refractivity contribution in [2.45, 2.75) is 39.2 Å². The summed E-state index contributed by atoms with van der Waals surface area (Å²) in [6.45, 7) is 3.06. The molecule has 0 rings (SSSR count). The molecule has 0 aliphatic rings. The number of rotatable bonds is 6. The maximum absolute atomic E-state index is 11.1. The van der Waals surface area contributed by atoms with E-state index in [1.165, 1.54) is 6.92 Å². The third kappa shape index (κ3) is 5.29. The zero-order chi connectivity index (χ0) is 11.1. The predicted octanol–water partition coefficient (Wildman–Crippen LogP) is 0.335. The van der Waals surface area contributed by atoms with Crippen LogP contribution in [0.1, 0.15) is 33.1 Å². The van der Waals surface area contributed by atoms with Gasteiger partial charge in [-0.25, -0.2) is 4.79 Å². The maximum atomic E-state index is 11.1. The van der Waals surface area contributed by atoms with Gasteiger partial charge in [-0.15, -0.1) is 0 Å². The minimum Gasteiger partial charge on any atom is -0.480 e. The van der Waals surface area contributed by atoms with Crippen LogP contribution in [0.15, 0.2) is 0 Å². The van der Waals surface area contributed by atoms with Crippen LogP contribution in [0.25, 0.3) is 0 Å². The number of ketones is 1. The van der Waals surface area contributed by atoms with E-state index in [1.54, 1.807) is 6.92 Å². The summed E-state index contributed by atoms with van der Waals surface area (Å²) in [6, 6.07) is -0.852. The molecule has 14 heavy (non-hydrogen) atoms. The van der Waals surface area contributed by atoms with Crippen LogP contribution >= 0.6 is 0 Å².